The summed E-state index contributed by atoms with van der Waals surface area (Å²) in [5.41, 5.74) is 18.4. The van der Waals surface area contributed by atoms with Gasteiger partial charge in [-0.3, -0.25) is 0 Å². The van der Waals surface area contributed by atoms with Gasteiger partial charge in [-0.1, -0.05) is 273 Å². The van der Waals surface area contributed by atoms with Crippen molar-refractivity contribution in [1.82, 2.24) is 0 Å². The summed E-state index contributed by atoms with van der Waals surface area (Å²) in [6, 6.07) is 125. The average molecular weight is 1090 g/mol. The summed E-state index contributed by atoms with van der Waals surface area (Å²) in [6.45, 7) is 0. The van der Waals surface area contributed by atoms with Crippen LogP contribution in [0.25, 0.3) is 120 Å². The molecule has 0 spiro atoms. The van der Waals surface area contributed by atoms with Gasteiger partial charge in [0.25, 0.3) is 0 Å². The van der Waals surface area contributed by atoms with E-state index in [-0.39, 0.29) is 0 Å². The van der Waals surface area contributed by atoms with Crippen LogP contribution in [0, 0.1) is 0 Å². The molecule has 0 fully saturated rings. The molecule has 0 amide bonds. The smallest absolute Gasteiger partial charge is 0.0546 e. The number of hydrogen-bond acceptors (Lipinski definition) is 2. The Kier molecular flexibility index (Phi) is 12.6. The number of anilines is 6. The molecule has 0 bridgehead atoms. The summed E-state index contributed by atoms with van der Waals surface area (Å²) < 4.78 is 0. The van der Waals surface area contributed by atoms with Crippen molar-refractivity contribution in [2.75, 3.05) is 9.80 Å². The van der Waals surface area contributed by atoms with Gasteiger partial charge >= 0.3 is 0 Å². The molecular weight excluding hydrogens is 1040 g/mol. The number of rotatable bonds is 11. The molecule has 2 nitrogen and oxygen atoms in total. The Balaban J connectivity index is 0.736. The molecule has 0 saturated carbocycles. The van der Waals surface area contributed by atoms with E-state index >= 15 is 0 Å². The first-order valence-corrected chi connectivity index (χ1v) is 29.6. The van der Waals surface area contributed by atoms with Crippen LogP contribution in [0.2, 0.25) is 0 Å². The molecule has 0 unspecified atom stereocenters. The first-order chi connectivity index (χ1) is 42.6. The van der Waals surface area contributed by atoms with Crippen LogP contribution in [0.3, 0.4) is 0 Å². The number of hydrogen-bond donors (Lipinski definition) is 0. The van der Waals surface area contributed by atoms with E-state index in [9.17, 15) is 0 Å². The van der Waals surface area contributed by atoms with Gasteiger partial charge in [0.1, 0.15) is 0 Å². The molecule has 0 saturated heterocycles. The van der Waals surface area contributed by atoms with Crippen molar-refractivity contribution < 1.29 is 0 Å². The lowest BCUT2D eigenvalue weighted by Crippen LogP contribution is -2.11. The van der Waals surface area contributed by atoms with Crippen molar-refractivity contribution in [3.05, 3.63) is 340 Å². The minimum Gasteiger partial charge on any atom is -0.310 e. The van der Waals surface area contributed by atoms with Crippen molar-refractivity contribution >= 4 is 98.8 Å². The van der Waals surface area contributed by atoms with Crippen LogP contribution < -0.4 is 9.80 Å². The normalized spacial score (nSPS) is 11.5. The van der Waals surface area contributed by atoms with Crippen LogP contribution >= 0.6 is 0 Å². The Bertz CT molecular complexity index is 5190. The fraction of sp³-hybridized carbons (Fsp3) is 0. The van der Waals surface area contributed by atoms with Crippen molar-refractivity contribution in [2.45, 2.75) is 0 Å². The molecule has 86 heavy (non-hydrogen) atoms. The van der Waals surface area contributed by atoms with E-state index in [0.717, 1.165) is 50.8 Å². The SMILES string of the molecule is c1ccc(-c2ccc(N(c3ccc(-c4cccc(-c5ccc(-c6cccc(N(c7ccc(-c8ccccc8)cc7)c7cc8ccc9ccccc9c8c8ccccc78)c6)cc5)c4)cc3)c3cc4ccc5ccccc5c4c4ccccc34)cc2)cc1. The van der Waals surface area contributed by atoms with Crippen LogP contribution in [0.4, 0.5) is 34.1 Å². The number of benzene rings is 16. The predicted molar refractivity (Wildman–Crippen MR) is 368 cm³/mol. The monoisotopic (exact) mass is 1090 g/mol. The quantitative estimate of drug-likeness (QED) is 0.119. The maximum Gasteiger partial charge on any atom is 0.0546 e. The Hall–Kier alpha value is -11.3. The maximum atomic E-state index is 2.44. The van der Waals surface area contributed by atoms with Crippen molar-refractivity contribution in [2.24, 2.45) is 0 Å². The third-order valence-corrected chi connectivity index (χ3v) is 17.4. The van der Waals surface area contributed by atoms with Gasteiger partial charge in [0, 0.05) is 33.5 Å². The van der Waals surface area contributed by atoms with Gasteiger partial charge in [-0.15, -0.1) is 0 Å². The minimum absolute atomic E-state index is 1.09. The van der Waals surface area contributed by atoms with Gasteiger partial charge in [0.05, 0.1) is 11.4 Å². The summed E-state index contributed by atoms with van der Waals surface area (Å²) in [6.07, 6.45) is 0. The molecule has 402 valence electrons. The summed E-state index contributed by atoms with van der Waals surface area (Å²) in [5.74, 6) is 0. The highest BCUT2D eigenvalue weighted by atomic mass is 15.1. The van der Waals surface area contributed by atoms with Gasteiger partial charge in [0.2, 0.25) is 0 Å². The zero-order valence-corrected chi connectivity index (χ0v) is 47.2. The number of nitrogens with zero attached hydrogens (tertiary/aromatic N) is 2. The molecule has 2 heteroatoms. The lowest BCUT2D eigenvalue weighted by Gasteiger charge is -2.28. The fourth-order valence-electron chi connectivity index (χ4n) is 13.2. The Morgan fingerprint density at radius 2 is 0.442 bits per heavy atom. The predicted octanol–water partition coefficient (Wildman–Crippen LogP) is 23.9. The second kappa shape index (κ2) is 21.5. The molecule has 0 atom stereocenters. The summed E-state index contributed by atoms with van der Waals surface area (Å²) >= 11 is 0. The van der Waals surface area contributed by atoms with Gasteiger partial charge in [0.15, 0.2) is 0 Å². The van der Waals surface area contributed by atoms with Crippen LogP contribution in [-0.2, 0) is 0 Å². The Labute approximate surface area is 501 Å². The Morgan fingerprint density at radius 3 is 0.872 bits per heavy atom. The fourth-order valence-corrected chi connectivity index (χ4v) is 13.2. The molecule has 0 N–H and O–H groups in total. The standard InChI is InChI=1S/C84H56N2/c1-3-17-57(18-4-1)59-41-47-71(48-42-59)85(81-55-69-39-37-64-21-7-9-27-75(64)83(69)79-31-13-11-29-77(79)81)72-51-45-63(46-52-72)67-24-15-23-66(53-67)61-33-35-62(36-34-61)68-25-16-26-74(54-68)86(73-49-43-60(44-50-73)58-19-5-2-6-20-58)82-56-70-40-38-65-22-8-10-28-76(65)84(70)80-32-14-12-30-78(80)82/h1-56H. The molecule has 16 aromatic carbocycles. The Morgan fingerprint density at radius 1 is 0.151 bits per heavy atom. The van der Waals surface area contributed by atoms with E-state index < -0.39 is 0 Å². The van der Waals surface area contributed by atoms with Crippen LogP contribution in [0.5, 0.6) is 0 Å². The molecule has 0 aliphatic carbocycles. The average Bonchev–Trinajstić information content (AvgIpc) is 1.19. The minimum atomic E-state index is 1.09. The molecule has 0 radical (unpaired) electrons. The first kappa shape index (κ1) is 50.4. The molecule has 16 rings (SSSR count). The van der Waals surface area contributed by atoms with Crippen molar-refractivity contribution in [1.29, 1.82) is 0 Å². The maximum absolute atomic E-state index is 2.44. The van der Waals surface area contributed by atoms with Crippen LogP contribution in [-0.4, -0.2) is 0 Å². The van der Waals surface area contributed by atoms with E-state index in [0.29, 0.717) is 0 Å². The van der Waals surface area contributed by atoms with E-state index in [1.54, 1.807) is 0 Å². The second-order valence-corrected chi connectivity index (χ2v) is 22.4. The molecule has 0 aliphatic rings. The zero-order chi connectivity index (χ0) is 56.9. The van der Waals surface area contributed by atoms with Crippen molar-refractivity contribution in [3.8, 4) is 55.6 Å². The highest BCUT2D eigenvalue weighted by molar-refractivity contribution is 6.25. The van der Waals surface area contributed by atoms with Crippen molar-refractivity contribution in [3.63, 3.8) is 0 Å². The van der Waals surface area contributed by atoms with Crippen LogP contribution in [0.15, 0.2) is 340 Å². The lowest BCUT2D eigenvalue weighted by molar-refractivity contribution is 1.30. The van der Waals surface area contributed by atoms with E-state index in [1.165, 1.54) is 104 Å². The van der Waals surface area contributed by atoms with E-state index in [4.69, 9.17) is 0 Å². The molecule has 16 aromatic rings. The lowest BCUT2D eigenvalue weighted by atomic mass is 9.94. The molecule has 0 aromatic heterocycles. The summed E-state index contributed by atoms with van der Waals surface area (Å²) in [7, 11) is 0. The van der Waals surface area contributed by atoms with E-state index in [1.807, 2.05) is 0 Å². The van der Waals surface area contributed by atoms with Crippen LogP contribution in [0.1, 0.15) is 0 Å². The second-order valence-electron chi connectivity index (χ2n) is 22.4. The first-order valence-electron chi connectivity index (χ1n) is 29.6. The topological polar surface area (TPSA) is 6.48 Å². The van der Waals surface area contributed by atoms with Gasteiger partial charge in [-0.05, 0) is 176 Å². The highest BCUT2D eigenvalue weighted by Crippen LogP contribution is 2.47. The van der Waals surface area contributed by atoms with E-state index in [2.05, 4.69) is 350 Å². The largest absolute Gasteiger partial charge is 0.310 e. The third kappa shape index (κ3) is 9.09. The van der Waals surface area contributed by atoms with Gasteiger partial charge in [-0.2, -0.15) is 0 Å². The third-order valence-electron chi connectivity index (χ3n) is 17.4. The summed E-state index contributed by atoms with van der Waals surface area (Å²) in [5, 5.41) is 14.9. The molecule has 0 aliphatic heterocycles. The molecule has 0 heterocycles. The summed E-state index contributed by atoms with van der Waals surface area (Å²) in [4.78, 5) is 4.87. The number of fused-ring (bicyclic) bond motifs is 10. The zero-order valence-electron chi connectivity index (χ0n) is 47.2. The highest BCUT2D eigenvalue weighted by Gasteiger charge is 2.22. The van der Waals surface area contributed by atoms with Gasteiger partial charge in [-0.25, -0.2) is 0 Å². The molecular formula is C84H56N2. The van der Waals surface area contributed by atoms with Gasteiger partial charge < -0.3 is 9.80 Å².